The maximum absolute atomic E-state index is 13.2. The van der Waals surface area contributed by atoms with Gasteiger partial charge < -0.3 is 14.8 Å². The van der Waals surface area contributed by atoms with Crippen LogP contribution in [0.25, 0.3) is 20.9 Å². The normalized spacial score (nSPS) is 19.1. The molecule has 23 nitrogen and oxygen atoms in total. The third-order valence-electron chi connectivity index (χ3n) is 9.60. The van der Waals surface area contributed by atoms with Crippen molar-refractivity contribution in [1.82, 2.24) is 19.6 Å². The number of nitrogens with one attached hydrogen (secondary N) is 1. The molecule has 2 aromatic rings. The molecule has 66 heavy (non-hydrogen) atoms. The molecule has 0 unspecified atom stereocenters. The largest absolute Gasteiger partial charge is 0.460 e. The van der Waals surface area contributed by atoms with Crippen molar-refractivity contribution in [2.24, 2.45) is 42.9 Å². The molecule has 2 aromatic heterocycles. The van der Waals surface area contributed by atoms with Crippen molar-refractivity contribution in [1.29, 1.82) is 0 Å². The van der Waals surface area contributed by atoms with Gasteiger partial charge in [-0.15, -0.1) is 22.7 Å². The summed E-state index contributed by atoms with van der Waals surface area (Å²) in [6.45, 7) is 20.3. The molecule has 4 atom stereocenters. The Morgan fingerprint density at radius 1 is 0.758 bits per heavy atom. The summed E-state index contributed by atoms with van der Waals surface area (Å²) in [4.78, 5) is 98.5. The van der Waals surface area contributed by atoms with E-state index in [1.807, 2.05) is 6.92 Å². The predicted octanol–water partition coefficient (Wildman–Crippen LogP) is 5.50. The van der Waals surface area contributed by atoms with Crippen molar-refractivity contribution in [3.8, 4) is 0 Å². The molecule has 0 spiro atoms. The number of amides is 2. The highest BCUT2D eigenvalue weighted by Gasteiger charge is 2.53. The summed E-state index contributed by atoms with van der Waals surface area (Å²) < 4.78 is 43.4. The third kappa shape index (κ3) is 15.2. The van der Waals surface area contributed by atoms with Crippen LogP contribution < -0.4 is 5.32 Å². The average molecular weight is 977 g/mol. The summed E-state index contributed by atoms with van der Waals surface area (Å²) in [6, 6.07) is -1.60. The fraction of sp³-hybridized carbons (Fsp3) is 0.650. The molecule has 2 aliphatic rings. The van der Waals surface area contributed by atoms with Crippen LogP contribution in [0.5, 0.6) is 0 Å². The summed E-state index contributed by atoms with van der Waals surface area (Å²) >= 11 is 2.65. The van der Waals surface area contributed by atoms with Crippen molar-refractivity contribution in [2.45, 2.75) is 119 Å². The summed E-state index contributed by atoms with van der Waals surface area (Å²) in [6.07, 6.45) is -0.543. The van der Waals surface area contributed by atoms with Gasteiger partial charge in [-0.05, 0) is 94.1 Å². The second-order valence-electron chi connectivity index (χ2n) is 18.7. The molecule has 2 saturated heterocycles. The van der Waals surface area contributed by atoms with Crippen molar-refractivity contribution in [3.63, 3.8) is 0 Å². The Morgan fingerprint density at radius 2 is 1.17 bits per heavy atom. The number of hydrogen-bond donors (Lipinski definition) is 2. The lowest BCUT2D eigenvalue weighted by atomic mass is 9.84. The maximum Gasteiger partial charge on any atom is 0.362 e. The molecule has 26 heteroatoms. The Morgan fingerprint density at radius 3 is 1.52 bits per heavy atom. The Balaban J connectivity index is 0.000000353. The van der Waals surface area contributed by atoms with E-state index in [1.54, 1.807) is 86.9 Å². The molecule has 0 bridgehead atoms. The van der Waals surface area contributed by atoms with Crippen molar-refractivity contribution < 1.29 is 51.2 Å². The zero-order valence-corrected chi connectivity index (χ0v) is 41.3. The topological polar surface area (TPSA) is 339 Å². The van der Waals surface area contributed by atoms with Gasteiger partial charge in [0.05, 0.1) is 51.8 Å². The van der Waals surface area contributed by atoms with Crippen LogP contribution in [0.3, 0.4) is 0 Å². The molecule has 0 aliphatic carbocycles. The molecule has 360 valence electrons. The Labute approximate surface area is 390 Å². The first-order valence-corrected chi connectivity index (χ1v) is 23.6. The fourth-order valence-corrected chi connectivity index (χ4v) is 8.20. The quantitative estimate of drug-likeness (QED) is 0.0334. The Bertz CT molecular complexity index is 2470. The molecular weight excluding hydrogens is 921 g/mol. The number of azide groups is 2. The van der Waals surface area contributed by atoms with E-state index < -0.39 is 86.8 Å². The summed E-state index contributed by atoms with van der Waals surface area (Å²) in [5.41, 5.74) is 14.4. The van der Waals surface area contributed by atoms with E-state index >= 15 is 0 Å². The van der Waals surface area contributed by atoms with E-state index in [-0.39, 0.29) is 65.2 Å². The molecular formula is C40H56N12O11S3. The number of β-lactam (4-membered cyclic amide) rings is 2. The number of ketones is 2. The molecule has 2 fully saturated rings. The van der Waals surface area contributed by atoms with Crippen LogP contribution in [0.1, 0.15) is 103 Å². The number of hydrogen-bond acceptors (Lipinski definition) is 18. The number of Topliss-reactive ketones (excluding diaryl/α,β-unsaturated/α-hetero) is 2. The van der Waals surface area contributed by atoms with Gasteiger partial charge in [-0.1, -0.05) is 10.2 Å². The van der Waals surface area contributed by atoms with E-state index in [4.69, 9.17) is 20.5 Å². The minimum atomic E-state index is -4.89. The van der Waals surface area contributed by atoms with Crippen molar-refractivity contribution in [3.05, 3.63) is 53.0 Å². The summed E-state index contributed by atoms with van der Waals surface area (Å²) in [5.74, 6) is -4.91. The molecule has 2 amide bonds. The van der Waals surface area contributed by atoms with Gasteiger partial charge in [-0.25, -0.2) is 14.3 Å². The Hall–Kier alpha value is -5.65. The number of ether oxygens (including phenoxy) is 2. The van der Waals surface area contributed by atoms with Gasteiger partial charge in [0.15, 0.2) is 11.6 Å². The number of esters is 2. The van der Waals surface area contributed by atoms with Gasteiger partial charge in [0.25, 0.3) is 0 Å². The number of aliphatic imine (C=N–C) groups is 2. The second-order valence-corrected chi connectivity index (χ2v) is 22.1. The van der Waals surface area contributed by atoms with Gasteiger partial charge in [-0.3, -0.25) is 43.3 Å². The first-order chi connectivity index (χ1) is 30.3. The first kappa shape index (κ1) is 54.7. The van der Waals surface area contributed by atoms with E-state index in [0.717, 1.165) is 5.01 Å². The molecule has 0 aromatic carbocycles. The first-order valence-electron chi connectivity index (χ1n) is 20.4. The van der Waals surface area contributed by atoms with Gasteiger partial charge in [0.2, 0.25) is 11.8 Å². The lowest BCUT2D eigenvalue weighted by Gasteiger charge is -2.43. The number of rotatable bonds is 19. The van der Waals surface area contributed by atoms with Crippen LogP contribution in [0.15, 0.2) is 31.0 Å². The number of aromatic nitrogens is 2. The minimum Gasteiger partial charge on any atom is -0.460 e. The van der Waals surface area contributed by atoms with Crippen molar-refractivity contribution >= 4 is 79.7 Å². The highest BCUT2D eigenvalue weighted by molar-refractivity contribution is 7.84. The molecule has 2 N–H and O–H groups in total. The smallest absolute Gasteiger partial charge is 0.362 e. The number of aryl methyl sites for hydroxylation is 2. The highest BCUT2D eigenvalue weighted by atomic mass is 32.2. The van der Waals surface area contributed by atoms with Gasteiger partial charge in [0.1, 0.15) is 34.0 Å². The molecule has 0 radical (unpaired) electrons. The zero-order chi connectivity index (χ0) is 50.2. The van der Waals surface area contributed by atoms with Gasteiger partial charge in [0, 0.05) is 52.6 Å². The lowest BCUT2D eigenvalue weighted by molar-refractivity contribution is -0.166. The number of thiazole rings is 2. The van der Waals surface area contributed by atoms with E-state index in [2.05, 4.69) is 45.3 Å². The fourth-order valence-electron chi connectivity index (χ4n) is 6.09. The number of carbonyl (C=O) groups excluding carboxylic acids is 6. The minimum absolute atomic E-state index is 0.0264. The molecule has 4 heterocycles. The van der Waals surface area contributed by atoms with Crippen LogP contribution in [0.4, 0.5) is 0 Å². The van der Waals surface area contributed by atoms with Crippen LogP contribution in [-0.2, 0) is 48.5 Å². The molecule has 2 aliphatic heterocycles. The van der Waals surface area contributed by atoms with E-state index in [9.17, 15) is 41.7 Å². The maximum atomic E-state index is 13.2. The second kappa shape index (κ2) is 21.8. The SMILES string of the molecule is Cc1nc(C(=NCC(C)(C)C(=O)OC(C)(C)C)C(=O)C[C@@H]2C(=O)N(S(=O)(=O)O)[C@@H]2CN=[N+]=[N-])cs1.Cc1nc(C(=NCC(C)(C)C(=O)OC(C)(C)C)C(=O)C[C@@H]2C(=O)N[C@@H]2CN=[N+]=[N-])cs1. The van der Waals surface area contributed by atoms with Crippen LogP contribution in [-0.4, -0.2) is 123 Å². The third-order valence-corrected chi connectivity index (χ3v) is 12.1. The van der Waals surface area contributed by atoms with Crippen LogP contribution >= 0.6 is 22.7 Å². The number of nitrogens with zero attached hydrogens (tertiary/aromatic N) is 11. The van der Waals surface area contributed by atoms with Crippen molar-refractivity contribution in [2.75, 3.05) is 26.2 Å². The van der Waals surface area contributed by atoms with Gasteiger partial charge >= 0.3 is 22.2 Å². The zero-order valence-electron chi connectivity index (χ0n) is 38.9. The molecule has 4 rings (SSSR count). The average Bonchev–Trinajstić information content (AvgIpc) is 3.81. The lowest BCUT2D eigenvalue weighted by Crippen LogP contribution is -2.64. The molecule has 0 saturated carbocycles. The Kier molecular flexibility index (Phi) is 18.0. The monoisotopic (exact) mass is 976 g/mol. The number of carbonyl (C=O) groups is 6. The standard InChI is InChI=1S/C20H28N6O7S2.C20H28N6O4S/c1-11-24-13(9-34-11)16(22-10-20(5,6)18(29)33-19(2,3)4)15(27)7-12-14(8-23-25-21)26(17(12)28)35(30,31)32;1-11-24-14(9-31-11)16(22-10-20(5,6)18(29)30-19(2,3)4)15(27)7-12-13(8-23-26-21)25-17(12)28/h9,12,14H,7-8,10H2,1-6H3,(H,30,31,32);9,12-13H,7-8,10H2,1-6H3,(H,25,28)/t12-,14+;12-,13+/m00/s1. The van der Waals surface area contributed by atoms with E-state index in [1.165, 1.54) is 22.7 Å². The summed E-state index contributed by atoms with van der Waals surface area (Å²) in [5, 5.41) is 14.2. The van der Waals surface area contributed by atoms with E-state index in [0.29, 0.717) is 10.7 Å². The van der Waals surface area contributed by atoms with Crippen LogP contribution in [0, 0.1) is 36.5 Å². The van der Waals surface area contributed by atoms with Gasteiger partial charge in [-0.2, -0.15) is 8.42 Å². The summed E-state index contributed by atoms with van der Waals surface area (Å²) in [7, 11) is -4.89. The predicted molar refractivity (Wildman–Crippen MR) is 244 cm³/mol. The highest BCUT2D eigenvalue weighted by Crippen LogP contribution is 2.33. The van der Waals surface area contributed by atoms with Crippen LogP contribution in [0.2, 0.25) is 0 Å².